The highest BCUT2D eigenvalue weighted by Gasteiger charge is 2.37. The second-order valence-corrected chi connectivity index (χ2v) is 6.26. The fraction of sp³-hybridized carbons (Fsp3) is 0.588. The molecule has 1 heterocycles. The summed E-state index contributed by atoms with van der Waals surface area (Å²) in [4.78, 5) is 14.5. The number of carbonyl (C=O) groups excluding carboxylic acids is 1. The van der Waals surface area contributed by atoms with Crippen molar-refractivity contribution >= 4 is 5.91 Å². The van der Waals surface area contributed by atoms with Crippen molar-refractivity contribution < 1.29 is 9.90 Å². The highest BCUT2D eigenvalue weighted by atomic mass is 16.3. The van der Waals surface area contributed by atoms with Gasteiger partial charge in [-0.1, -0.05) is 43.2 Å². The zero-order valence-corrected chi connectivity index (χ0v) is 11.9. The van der Waals surface area contributed by atoms with Crippen molar-refractivity contribution in [3.05, 3.63) is 35.9 Å². The molecule has 1 aliphatic heterocycles. The van der Waals surface area contributed by atoms with E-state index in [9.17, 15) is 9.90 Å². The molecule has 108 valence electrons. The molecular weight excluding hydrogens is 250 g/mol. The van der Waals surface area contributed by atoms with Crippen molar-refractivity contribution in [3.63, 3.8) is 0 Å². The van der Waals surface area contributed by atoms with E-state index in [0.29, 0.717) is 6.42 Å². The van der Waals surface area contributed by atoms with E-state index in [1.54, 1.807) is 0 Å². The molecule has 20 heavy (non-hydrogen) atoms. The van der Waals surface area contributed by atoms with Crippen molar-refractivity contribution in [3.8, 4) is 0 Å². The van der Waals surface area contributed by atoms with Crippen LogP contribution < -0.4 is 0 Å². The minimum Gasteiger partial charge on any atom is -0.389 e. The van der Waals surface area contributed by atoms with Gasteiger partial charge < -0.3 is 10.0 Å². The van der Waals surface area contributed by atoms with Gasteiger partial charge in [0.05, 0.1) is 18.1 Å². The molecule has 2 fully saturated rings. The van der Waals surface area contributed by atoms with Crippen LogP contribution in [0, 0.1) is 0 Å². The van der Waals surface area contributed by atoms with Gasteiger partial charge in [0.2, 0.25) is 5.91 Å². The summed E-state index contributed by atoms with van der Waals surface area (Å²) in [5.74, 6) is 0.126. The molecule has 0 aromatic heterocycles. The quantitative estimate of drug-likeness (QED) is 0.919. The van der Waals surface area contributed by atoms with Crippen molar-refractivity contribution in [2.45, 2.75) is 56.6 Å². The first kappa shape index (κ1) is 13.6. The van der Waals surface area contributed by atoms with Gasteiger partial charge in [-0.2, -0.15) is 0 Å². The third-order valence-electron chi connectivity index (χ3n) is 4.77. The first-order valence-corrected chi connectivity index (χ1v) is 7.75. The van der Waals surface area contributed by atoms with E-state index >= 15 is 0 Å². The van der Waals surface area contributed by atoms with Crippen LogP contribution in [0.5, 0.6) is 0 Å². The maximum atomic E-state index is 12.6. The van der Waals surface area contributed by atoms with E-state index < -0.39 is 5.60 Å². The van der Waals surface area contributed by atoms with E-state index in [0.717, 1.165) is 45.1 Å². The number of hydrogen-bond acceptors (Lipinski definition) is 2. The lowest BCUT2D eigenvalue weighted by atomic mass is 9.96. The summed E-state index contributed by atoms with van der Waals surface area (Å²) in [6.07, 6.45) is 6.05. The van der Waals surface area contributed by atoms with E-state index in [1.165, 1.54) is 5.56 Å². The molecule has 3 nitrogen and oxygen atoms in total. The van der Waals surface area contributed by atoms with Crippen LogP contribution in [0.4, 0.5) is 0 Å². The van der Waals surface area contributed by atoms with Crippen molar-refractivity contribution in [2.24, 2.45) is 0 Å². The van der Waals surface area contributed by atoms with E-state index in [-0.39, 0.29) is 11.9 Å². The van der Waals surface area contributed by atoms with Crippen LogP contribution >= 0.6 is 0 Å². The van der Waals surface area contributed by atoms with Crippen molar-refractivity contribution in [1.29, 1.82) is 0 Å². The van der Waals surface area contributed by atoms with Crippen LogP contribution in [0.1, 0.15) is 56.6 Å². The lowest BCUT2D eigenvalue weighted by Crippen LogP contribution is -2.37. The Morgan fingerprint density at radius 2 is 1.90 bits per heavy atom. The predicted octanol–water partition coefficient (Wildman–Crippen LogP) is 3.05. The second-order valence-electron chi connectivity index (χ2n) is 6.26. The molecule has 0 spiro atoms. The average Bonchev–Trinajstić information content (AvgIpc) is 3.08. The molecule has 1 amide bonds. The first-order chi connectivity index (χ1) is 9.68. The van der Waals surface area contributed by atoms with Gasteiger partial charge in [0.25, 0.3) is 0 Å². The molecule has 2 aliphatic rings. The fourth-order valence-electron chi connectivity index (χ4n) is 3.68. The van der Waals surface area contributed by atoms with Crippen molar-refractivity contribution in [2.75, 3.05) is 6.54 Å². The van der Waals surface area contributed by atoms with E-state index in [2.05, 4.69) is 12.1 Å². The SMILES string of the molecule is O=C(CC1(O)CCCC1)N1CCCC1c1ccccc1. The number of nitrogens with zero attached hydrogens (tertiary/aromatic N) is 1. The van der Waals surface area contributed by atoms with Gasteiger partial charge in [-0.25, -0.2) is 0 Å². The summed E-state index contributed by atoms with van der Waals surface area (Å²) < 4.78 is 0. The Balaban J connectivity index is 1.70. The van der Waals surface area contributed by atoms with E-state index in [1.807, 2.05) is 23.1 Å². The second kappa shape index (κ2) is 5.57. The number of aliphatic hydroxyl groups is 1. The van der Waals surface area contributed by atoms with Crippen LogP contribution in [0.3, 0.4) is 0 Å². The van der Waals surface area contributed by atoms with Gasteiger partial charge in [-0.05, 0) is 31.2 Å². The van der Waals surface area contributed by atoms with Crippen LogP contribution in [0.15, 0.2) is 30.3 Å². The summed E-state index contributed by atoms with van der Waals surface area (Å²) in [5.41, 5.74) is 0.484. The van der Waals surface area contributed by atoms with Crippen LogP contribution in [-0.2, 0) is 4.79 Å². The number of rotatable bonds is 3. The molecule has 1 aromatic carbocycles. The van der Waals surface area contributed by atoms with Crippen molar-refractivity contribution in [1.82, 2.24) is 4.90 Å². The van der Waals surface area contributed by atoms with Gasteiger partial charge in [0.1, 0.15) is 0 Å². The number of amides is 1. The smallest absolute Gasteiger partial charge is 0.225 e. The maximum Gasteiger partial charge on any atom is 0.225 e. The van der Waals surface area contributed by atoms with Gasteiger partial charge >= 0.3 is 0 Å². The molecule has 1 N–H and O–H groups in total. The third kappa shape index (κ3) is 2.73. The predicted molar refractivity (Wildman–Crippen MR) is 78.2 cm³/mol. The molecule has 1 saturated heterocycles. The minimum absolute atomic E-state index is 0.126. The zero-order chi connectivity index (χ0) is 14.0. The molecule has 1 unspecified atom stereocenters. The molecule has 3 heteroatoms. The fourth-order valence-corrected chi connectivity index (χ4v) is 3.68. The first-order valence-electron chi connectivity index (χ1n) is 7.75. The summed E-state index contributed by atoms with van der Waals surface area (Å²) in [7, 11) is 0. The van der Waals surface area contributed by atoms with Gasteiger partial charge in [-0.3, -0.25) is 4.79 Å². The van der Waals surface area contributed by atoms with Crippen LogP contribution in [0.2, 0.25) is 0 Å². The molecule has 1 aliphatic carbocycles. The Morgan fingerprint density at radius 3 is 2.60 bits per heavy atom. The summed E-state index contributed by atoms with van der Waals surface area (Å²) in [5, 5.41) is 10.4. The Bertz CT molecular complexity index is 465. The van der Waals surface area contributed by atoms with Crippen LogP contribution in [-0.4, -0.2) is 28.1 Å². The monoisotopic (exact) mass is 273 g/mol. The Labute approximate surface area is 120 Å². The molecule has 3 rings (SSSR count). The highest BCUT2D eigenvalue weighted by molar-refractivity contribution is 5.78. The Kier molecular flexibility index (Phi) is 3.79. The van der Waals surface area contributed by atoms with Crippen LogP contribution in [0.25, 0.3) is 0 Å². The molecule has 1 atom stereocenters. The molecule has 1 aromatic rings. The number of carbonyl (C=O) groups is 1. The summed E-state index contributed by atoms with van der Waals surface area (Å²) in [6.45, 7) is 0.828. The largest absolute Gasteiger partial charge is 0.389 e. The minimum atomic E-state index is -0.735. The average molecular weight is 273 g/mol. The molecule has 0 radical (unpaired) electrons. The Morgan fingerprint density at radius 1 is 1.20 bits per heavy atom. The lowest BCUT2D eigenvalue weighted by Gasteiger charge is -2.29. The van der Waals surface area contributed by atoms with E-state index in [4.69, 9.17) is 0 Å². The third-order valence-corrected chi connectivity index (χ3v) is 4.77. The zero-order valence-electron chi connectivity index (χ0n) is 11.9. The topological polar surface area (TPSA) is 40.5 Å². The lowest BCUT2D eigenvalue weighted by molar-refractivity contribution is -0.137. The molecular formula is C17H23NO2. The highest BCUT2D eigenvalue weighted by Crippen LogP contribution is 2.36. The number of hydrogen-bond donors (Lipinski definition) is 1. The summed E-state index contributed by atoms with van der Waals surface area (Å²) >= 11 is 0. The van der Waals surface area contributed by atoms with Gasteiger partial charge in [-0.15, -0.1) is 0 Å². The maximum absolute atomic E-state index is 12.6. The summed E-state index contributed by atoms with van der Waals surface area (Å²) in [6, 6.07) is 10.5. The number of likely N-dealkylation sites (tertiary alicyclic amines) is 1. The molecule has 0 bridgehead atoms. The standard InChI is InChI=1S/C17H23NO2/c19-16(13-17(20)10-4-5-11-17)18-12-6-9-15(18)14-7-2-1-3-8-14/h1-3,7-8,15,20H,4-6,9-13H2. The Hall–Kier alpha value is -1.35. The van der Waals surface area contributed by atoms with Gasteiger partial charge in [0.15, 0.2) is 0 Å². The molecule has 1 saturated carbocycles. The van der Waals surface area contributed by atoms with Gasteiger partial charge in [0, 0.05) is 6.54 Å². The number of benzene rings is 1. The normalized spacial score (nSPS) is 25.1.